The van der Waals surface area contributed by atoms with Gasteiger partial charge in [-0.15, -0.1) is 0 Å². The van der Waals surface area contributed by atoms with Gasteiger partial charge in [-0.2, -0.15) is 0 Å². The first-order valence-electron chi connectivity index (χ1n) is 10.5. The standard InChI is InChI=1S/C23H24FN5O3/c1-28(18-6-7-18)23(32)22-16(14-30)5-3-9-29(22)13-20(31)27-17-10-19(24)21(26-12-17)15-4-2-8-25-11-15/h2,4,8,10-12,14,18H,3,5-7,9,13H2,1H3,(H,27,31). The summed E-state index contributed by atoms with van der Waals surface area (Å²) in [6.45, 7) is 0.361. The normalized spacial score (nSPS) is 16.0. The van der Waals surface area contributed by atoms with E-state index in [2.05, 4.69) is 15.3 Å². The molecule has 1 N–H and O–H groups in total. The molecule has 1 saturated carbocycles. The van der Waals surface area contributed by atoms with Crippen molar-refractivity contribution in [3.8, 4) is 11.3 Å². The molecule has 0 radical (unpaired) electrons. The fourth-order valence-electron chi connectivity index (χ4n) is 3.83. The maximum absolute atomic E-state index is 14.5. The summed E-state index contributed by atoms with van der Waals surface area (Å²) in [5.74, 6) is -1.25. The third-order valence-electron chi connectivity index (χ3n) is 5.65. The highest BCUT2D eigenvalue weighted by Crippen LogP contribution is 2.30. The zero-order chi connectivity index (χ0) is 22.7. The topological polar surface area (TPSA) is 95.5 Å². The number of halogens is 1. The number of nitrogens with zero attached hydrogens (tertiary/aromatic N) is 4. The molecule has 2 aliphatic rings. The molecule has 1 aliphatic heterocycles. The van der Waals surface area contributed by atoms with Gasteiger partial charge in [-0.25, -0.2) is 4.39 Å². The molecule has 2 amide bonds. The average Bonchev–Trinajstić information content (AvgIpc) is 3.64. The molecule has 0 aromatic carbocycles. The maximum atomic E-state index is 14.5. The summed E-state index contributed by atoms with van der Waals surface area (Å²) in [5, 5.41) is 2.63. The Balaban J connectivity index is 1.47. The van der Waals surface area contributed by atoms with E-state index in [0.29, 0.717) is 36.8 Å². The van der Waals surface area contributed by atoms with Crippen LogP contribution >= 0.6 is 0 Å². The summed E-state index contributed by atoms with van der Waals surface area (Å²) in [5.41, 5.74) is 1.58. The molecular formula is C23H24FN5O3. The number of allylic oxidation sites excluding steroid dienone is 1. The Morgan fingerprint density at radius 3 is 2.81 bits per heavy atom. The Hall–Kier alpha value is -3.62. The number of aldehydes is 1. The number of anilines is 1. The van der Waals surface area contributed by atoms with Gasteiger partial charge in [0.25, 0.3) is 5.91 Å². The van der Waals surface area contributed by atoms with Crippen LogP contribution in [0.15, 0.2) is 48.1 Å². The van der Waals surface area contributed by atoms with E-state index in [1.807, 2.05) is 0 Å². The lowest BCUT2D eigenvalue weighted by Gasteiger charge is -2.33. The van der Waals surface area contributed by atoms with Crippen molar-refractivity contribution in [1.82, 2.24) is 19.8 Å². The van der Waals surface area contributed by atoms with Gasteiger partial charge in [-0.1, -0.05) is 0 Å². The fourth-order valence-corrected chi connectivity index (χ4v) is 3.83. The number of carbonyl (C=O) groups is 3. The van der Waals surface area contributed by atoms with Crippen LogP contribution in [-0.2, 0) is 14.4 Å². The number of hydrogen-bond donors (Lipinski definition) is 1. The molecule has 2 aromatic rings. The Morgan fingerprint density at radius 2 is 2.16 bits per heavy atom. The van der Waals surface area contributed by atoms with Gasteiger partial charge in [0, 0.05) is 49.2 Å². The van der Waals surface area contributed by atoms with Crippen LogP contribution in [-0.4, -0.2) is 64.0 Å². The summed E-state index contributed by atoms with van der Waals surface area (Å²) in [6, 6.07) is 4.77. The van der Waals surface area contributed by atoms with Gasteiger partial charge in [0.15, 0.2) is 5.82 Å². The monoisotopic (exact) mass is 437 g/mol. The molecule has 166 valence electrons. The number of aromatic nitrogens is 2. The lowest BCUT2D eigenvalue weighted by molar-refractivity contribution is -0.129. The van der Waals surface area contributed by atoms with Gasteiger partial charge >= 0.3 is 0 Å². The molecule has 1 fully saturated rings. The molecule has 32 heavy (non-hydrogen) atoms. The van der Waals surface area contributed by atoms with Gasteiger partial charge in [-0.05, 0) is 37.8 Å². The Bertz CT molecular complexity index is 1070. The van der Waals surface area contributed by atoms with Crippen molar-refractivity contribution in [3.63, 3.8) is 0 Å². The summed E-state index contributed by atoms with van der Waals surface area (Å²) in [4.78, 5) is 48.6. The fraction of sp³-hybridized carbons (Fsp3) is 0.348. The van der Waals surface area contributed by atoms with Crippen LogP contribution in [0.3, 0.4) is 0 Å². The van der Waals surface area contributed by atoms with E-state index in [1.165, 1.54) is 18.5 Å². The number of rotatable bonds is 7. The van der Waals surface area contributed by atoms with Crippen LogP contribution in [0.2, 0.25) is 0 Å². The van der Waals surface area contributed by atoms with Crippen LogP contribution in [0.4, 0.5) is 10.1 Å². The zero-order valence-corrected chi connectivity index (χ0v) is 17.8. The number of hydrogen-bond acceptors (Lipinski definition) is 6. The van der Waals surface area contributed by atoms with Crippen molar-refractivity contribution in [2.45, 2.75) is 31.7 Å². The third kappa shape index (κ3) is 4.66. The van der Waals surface area contributed by atoms with Gasteiger partial charge in [0.2, 0.25) is 5.91 Å². The Kier molecular flexibility index (Phi) is 6.25. The smallest absolute Gasteiger partial charge is 0.270 e. The van der Waals surface area contributed by atoms with Crippen LogP contribution in [0, 0.1) is 5.82 Å². The molecule has 1 aliphatic carbocycles. The van der Waals surface area contributed by atoms with Gasteiger partial charge < -0.3 is 15.1 Å². The van der Waals surface area contributed by atoms with Crippen molar-refractivity contribution in [2.24, 2.45) is 0 Å². The maximum Gasteiger partial charge on any atom is 0.270 e. The first kappa shape index (κ1) is 21.6. The largest absolute Gasteiger partial charge is 0.357 e. The summed E-state index contributed by atoms with van der Waals surface area (Å²) >= 11 is 0. The molecule has 2 aromatic heterocycles. The minimum absolute atomic E-state index is 0.122. The van der Waals surface area contributed by atoms with Crippen molar-refractivity contribution in [1.29, 1.82) is 0 Å². The number of amides is 2. The molecule has 0 atom stereocenters. The highest BCUT2D eigenvalue weighted by molar-refractivity contribution is 6.00. The van der Waals surface area contributed by atoms with E-state index in [-0.39, 0.29) is 35.6 Å². The average molecular weight is 437 g/mol. The van der Waals surface area contributed by atoms with Crippen molar-refractivity contribution < 1.29 is 18.8 Å². The van der Waals surface area contributed by atoms with Crippen LogP contribution < -0.4 is 5.32 Å². The van der Waals surface area contributed by atoms with E-state index in [0.717, 1.165) is 12.8 Å². The first-order chi connectivity index (χ1) is 15.5. The minimum atomic E-state index is -0.584. The van der Waals surface area contributed by atoms with E-state index in [4.69, 9.17) is 0 Å². The zero-order valence-electron chi connectivity index (χ0n) is 17.8. The molecule has 8 nitrogen and oxygen atoms in total. The lowest BCUT2D eigenvalue weighted by Crippen LogP contribution is -2.43. The number of likely N-dealkylation sites (N-methyl/N-ethyl adjacent to an activating group) is 1. The Labute approximate surface area is 185 Å². The van der Waals surface area contributed by atoms with Gasteiger partial charge in [0.1, 0.15) is 17.7 Å². The molecular weight excluding hydrogens is 413 g/mol. The highest BCUT2D eigenvalue weighted by Gasteiger charge is 2.35. The molecule has 9 heteroatoms. The second-order valence-electron chi connectivity index (χ2n) is 8.01. The third-order valence-corrected chi connectivity index (χ3v) is 5.65. The van der Waals surface area contributed by atoms with Crippen molar-refractivity contribution in [2.75, 3.05) is 25.5 Å². The number of carbonyl (C=O) groups excluding carboxylic acids is 3. The van der Waals surface area contributed by atoms with Crippen LogP contribution in [0.5, 0.6) is 0 Å². The van der Waals surface area contributed by atoms with Crippen LogP contribution in [0.25, 0.3) is 11.3 Å². The summed E-state index contributed by atoms with van der Waals surface area (Å²) in [6.07, 6.45) is 8.23. The molecule has 0 unspecified atom stereocenters. The lowest BCUT2D eigenvalue weighted by atomic mass is 10.0. The quantitative estimate of drug-likeness (QED) is 0.669. The highest BCUT2D eigenvalue weighted by atomic mass is 19.1. The minimum Gasteiger partial charge on any atom is -0.357 e. The molecule has 3 heterocycles. The second kappa shape index (κ2) is 9.25. The van der Waals surface area contributed by atoms with Crippen molar-refractivity contribution >= 4 is 23.8 Å². The SMILES string of the molecule is CN(C(=O)C1=C(C=O)CCCN1CC(=O)Nc1cnc(-c2cccnc2)c(F)c1)C1CC1. The predicted octanol–water partition coefficient (Wildman–Crippen LogP) is 2.39. The second-order valence-corrected chi connectivity index (χ2v) is 8.01. The Morgan fingerprint density at radius 1 is 1.34 bits per heavy atom. The molecule has 0 saturated heterocycles. The summed E-state index contributed by atoms with van der Waals surface area (Å²) < 4.78 is 14.5. The molecule has 4 rings (SSSR count). The van der Waals surface area contributed by atoms with E-state index in [1.54, 1.807) is 35.2 Å². The first-order valence-corrected chi connectivity index (χ1v) is 10.5. The molecule has 0 bridgehead atoms. The number of nitrogens with one attached hydrogen (secondary N) is 1. The van der Waals surface area contributed by atoms with E-state index >= 15 is 0 Å². The number of pyridine rings is 2. The predicted molar refractivity (Wildman–Crippen MR) is 116 cm³/mol. The van der Waals surface area contributed by atoms with Crippen LogP contribution in [0.1, 0.15) is 25.7 Å². The van der Waals surface area contributed by atoms with Gasteiger partial charge in [0.05, 0.1) is 18.4 Å². The molecule has 0 spiro atoms. The van der Waals surface area contributed by atoms with Gasteiger partial charge in [-0.3, -0.25) is 24.4 Å². The van der Waals surface area contributed by atoms with E-state index in [9.17, 15) is 18.8 Å². The van der Waals surface area contributed by atoms with E-state index < -0.39 is 11.7 Å². The van der Waals surface area contributed by atoms with Crippen molar-refractivity contribution in [3.05, 3.63) is 53.9 Å². The summed E-state index contributed by atoms with van der Waals surface area (Å²) in [7, 11) is 1.72.